The fourth-order valence-electron chi connectivity index (χ4n) is 3.25. The standard InChI is InChI=1S/C19H31N3O2/c1-3-18(15-23)22-13-11-21(12-14-22)10-9-19(24)20-16(2)17-7-5-4-6-8-17/h4-8,16,18,23H,3,9-15H2,1-2H3,(H,20,24). The van der Waals surface area contributed by atoms with Gasteiger partial charge in [0.15, 0.2) is 0 Å². The summed E-state index contributed by atoms with van der Waals surface area (Å²) < 4.78 is 0. The highest BCUT2D eigenvalue weighted by atomic mass is 16.3. The van der Waals surface area contributed by atoms with Crippen LogP contribution in [0.5, 0.6) is 0 Å². The van der Waals surface area contributed by atoms with E-state index in [0.717, 1.165) is 44.7 Å². The molecule has 0 aromatic heterocycles. The maximum atomic E-state index is 12.2. The molecule has 5 heteroatoms. The van der Waals surface area contributed by atoms with Gasteiger partial charge in [0.05, 0.1) is 12.6 Å². The minimum absolute atomic E-state index is 0.0467. The summed E-state index contributed by atoms with van der Waals surface area (Å²) in [4.78, 5) is 16.8. The molecule has 1 aliphatic heterocycles. The Morgan fingerprint density at radius 2 is 1.88 bits per heavy atom. The van der Waals surface area contributed by atoms with Gasteiger partial charge in [-0.1, -0.05) is 37.3 Å². The minimum atomic E-state index is 0.0467. The van der Waals surface area contributed by atoms with E-state index in [2.05, 4.69) is 22.0 Å². The zero-order chi connectivity index (χ0) is 17.4. The molecule has 0 spiro atoms. The fourth-order valence-corrected chi connectivity index (χ4v) is 3.25. The van der Waals surface area contributed by atoms with Crippen LogP contribution in [0.1, 0.15) is 38.3 Å². The van der Waals surface area contributed by atoms with E-state index in [1.54, 1.807) is 0 Å². The highest BCUT2D eigenvalue weighted by Gasteiger charge is 2.22. The Balaban J connectivity index is 1.68. The van der Waals surface area contributed by atoms with Gasteiger partial charge in [-0.2, -0.15) is 0 Å². The molecule has 5 nitrogen and oxygen atoms in total. The molecule has 0 saturated carbocycles. The summed E-state index contributed by atoms with van der Waals surface area (Å²) in [7, 11) is 0. The molecule has 2 atom stereocenters. The number of aliphatic hydroxyl groups excluding tert-OH is 1. The van der Waals surface area contributed by atoms with E-state index in [4.69, 9.17) is 0 Å². The summed E-state index contributed by atoms with van der Waals surface area (Å²) in [5.41, 5.74) is 1.13. The van der Waals surface area contributed by atoms with Crippen molar-refractivity contribution in [3.63, 3.8) is 0 Å². The van der Waals surface area contributed by atoms with E-state index in [9.17, 15) is 9.90 Å². The maximum Gasteiger partial charge on any atom is 0.221 e. The molecule has 2 N–H and O–H groups in total. The van der Waals surface area contributed by atoms with Crippen LogP contribution in [-0.4, -0.2) is 66.2 Å². The largest absolute Gasteiger partial charge is 0.395 e. The number of aliphatic hydroxyl groups is 1. The first kappa shape index (κ1) is 18.9. The minimum Gasteiger partial charge on any atom is -0.395 e. The molecule has 1 heterocycles. The number of carbonyl (C=O) groups excluding carboxylic acids is 1. The molecular weight excluding hydrogens is 302 g/mol. The summed E-state index contributed by atoms with van der Waals surface area (Å²) in [5.74, 6) is 0.107. The fraction of sp³-hybridized carbons (Fsp3) is 0.632. The highest BCUT2D eigenvalue weighted by Crippen LogP contribution is 2.12. The van der Waals surface area contributed by atoms with Gasteiger partial charge in [-0.15, -0.1) is 0 Å². The Hall–Kier alpha value is -1.43. The van der Waals surface area contributed by atoms with Gasteiger partial charge in [0.25, 0.3) is 0 Å². The first-order chi connectivity index (χ1) is 11.6. The van der Waals surface area contributed by atoms with Crippen LogP contribution < -0.4 is 5.32 Å². The lowest BCUT2D eigenvalue weighted by atomic mass is 10.1. The predicted molar refractivity (Wildman–Crippen MR) is 96.8 cm³/mol. The van der Waals surface area contributed by atoms with Crippen LogP contribution in [0.2, 0.25) is 0 Å². The molecule has 0 aliphatic carbocycles. The molecule has 0 radical (unpaired) electrons. The van der Waals surface area contributed by atoms with Gasteiger partial charge in [-0.25, -0.2) is 0 Å². The van der Waals surface area contributed by atoms with Crippen molar-refractivity contribution in [3.8, 4) is 0 Å². The number of nitrogens with zero attached hydrogens (tertiary/aromatic N) is 2. The van der Waals surface area contributed by atoms with Gasteiger partial charge in [-0.3, -0.25) is 9.69 Å². The second kappa shape index (κ2) is 9.77. The van der Waals surface area contributed by atoms with Crippen LogP contribution in [0.4, 0.5) is 0 Å². The first-order valence-electron chi connectivity index (χ1n) is 9.05. The van der Waals surface area contributed by atoms with Crippen LogP contribution in [-0.2, 0) is 4.79 Å². The molecule has 1 aromatic carbocycles. The maximum absolute atomic E-state index is 12.2. The van der Waals surface area contributed by atoms with Crippen LogP contribution in [0.3, 0.4) is 0 Å². The van der Waals surface area contributed by atoms with Gasteiger partial charge >= 0.3 is 0 Å². The molecule has 24 heavy (non-hydrogen) atoms. The van der Waals surface area contributed by atoms with E-state index in [1.807, 2.05) is 37.3 Å². The van der Waals surface area contributed by atoms with Crippen LogP contribution in [0, 0.1) is 0 Å². The number of hydrogen-bond acceptors (Lipinski definition) is 4. The summed E-state index contributed by atoms with van der Waals surface area (Å²) >= 11 is 0. The summed E-state index contributed by atoms with van der Waals surface area (Å²) in [6.07, 6.45) is 1.52. The molecule has 1 saturated heterocycles. The van der Waals surface area contributed by atoms with Crippen LogP contribution in [0.25, 0.3) is 0 Å². The van der Waals surface area contributed by atoms with Crippen molar-refractivity contribution in [2.75, 3.05) is 39.3 Å². The van der Waals surface area contributed by atoms with Gasteiger partial charge in [0.2, 0.25) is 5.91 Å². The molecule has 1 fully saturated rings. The lowest BCUT2D eigenvalue weighted by molar-refractivity contribution is -0.122. The third-order valence-electron chi connectivity index (χ3n) is 4.94. The Morgan fingerprint density at radius 3 is 2.46 bits per heavy atom. The quantitative estimate of drug-likeness (QED) is 0.759. The third-order valence-corrected chi connectivity index (χ3v) is 4.94. The van der Waals surface area contributed by atoms with E-state index in [-0.39, 0.29) is 24.6 Å². The number of piperazine rings is 1. The third kappa shape index (κ3) is 5.58. The van der Waals surface area contributed by atoms with Crippen molar-refractivity contribution in [1.29, 1.82) is 0 Å². The average Bonchev–Trinajstić information content (AvgIpc) is 2.63. The van der Waals surface area contributed by atoms with E-state index >= 15 is 0 Å². The topological polar surface area (TPSA) is 55.8 Å². The van der Waals surface area contributed by atoms with Crippen molar-refractivity contribution in [1.82, 2.24) is 15.1 Å². The number of amides is 1. The molecule has 1 amide bonds. The molecule has 2 rings (SSSR count). The van der Waals surface area contributed by atoms with Gasteiger partial charge < -0.3 is 15.3 Å². The molecular formula is C19H31N3O2. The second-order valence-corrected chi connectivity index (χ2v) is 6.57. The van der Waals surface area contributed by atoms with Crippen molar-refractivity contribution >= 4 is 5.91 Å². The van der Waals surface area contributed by atoms with Crippen molar-refractivity contribution in [2.24, 2.45) is 0 Å². The Labute approximate surface area is 145 Å². The van der Waals surface area contributed by atoms with Gasteiger partial charge in [0, 0.05) is 45.2 Å². The van der Waals surface area contributed by atoms with E-state index in [1.165, 1.54) is 0 Å². The number of benzene rings is 1. The van der Waals surface area contributed by atoms with Gasteiger partial charge in [-0.05, 0) is 18.9 Å². The summed E-state index contributed by atoms with van der Waals surface area (Å²) in [6.45, 7) is 9.06. The smallest absolute Gasteiger partial charge is 0.221 e. The first-order valence-corrected chi connectivity index (χ1v) is 9.05. The lowest BCUT2D eigenvalue weighted by Crippen LogP contribution is -2.51. The predicted octanol–water partition coefficient (Wildman–Crippen LogP) is 1.64. The normalized spacial score (nSPS) is 19.0. The Morgan fingerprint density at radius 1 is 1.21 bits per heavy atom. The Kier molecular flexibility index (Phi) is 7.69. The van der Waals surface area contributed by atoms with E-state index < -0.39 is 0 Å². The molecule has 0 bridgehead atoms. The van der Waals surface area contributed by atoms with E-state index in [0.29, 0.717) is 6.42 Å². The number of carbonyl (C=O) groups is 1. The molecule has 134 valence electrons. The number of nitrogens with one attached hydrogen (secondary N) is 1. The van der Waals surface area contributed by atoms with Crippen LogP contribution in [0.15, 0.2) is 30.3 Å². The monoisotopic (exact) mass is 333 g/mol. The highest BCUT2D eigenvalue weighted by molar-refractivity contribution is 5.76. The molecule has 1 aliphatic rings. The van der Waals surface area contributed by atoms with Crippen molar-refractivity contribution in [3.05, 3.63) is 35.9 Å². The van der Waals surface area contributed by atoms with Gasteiger partial charge in [0.1, 0.15) is 0 Å². The SMILES string of the molecule is CCC(CO)N1CCN(CCC(=O)NC(C)c2ccccc2)CC1. The van der Waals surface area contributed by atoms with Crippen molar-refractivity contribution in [2.45, 2.75) is 38.8 Å². The number of rotatable bonds is 8. The summed E-state index contributed by atoms with van der Waals surface area (Å²) in [5, 5.41) is 12.5. The van der Waals surface area contributed by atoms with Crippen molar-refractivity contribution < 1.29 is 9.90 Å². The molecule has 2 unspecified atom stereocenters. The second-order valence-electron chi connectivity index (χ2n) is 6.57. The zero-order valence-corrected chi connectivity index (χ0v) is 14.9. The van der Waals surface area contributed by atoms with Crippen LogP contribution >= 0.6 is 0 Å². The average molecular weight is 333 g/mol. The molecule has 1 aromatic rings. The zero-order valence-electron chi connectivity index (χ0n) is 14.9. The Bertz CT molecular complexity index is 483. The number of hydrogen-bond donors (Lipinski definition) is 2. The summed E-state index contributed by atoms with van der Waals surface area (Å²) in [6, 6.07) is 10.4. The lowest BCUT2D eigenvalue weighted by Gasteiger charge is -2.38.